The Morgan fingerprint density at radius 1 is 1.11 bits per heavy atom. The molecule has 1 saturated heterocycles. The van der Waals surface area contributed by atoms with Gasteiger partial charge in [0.15, 0.2) is 9.84 Å². The molecule has 146 valence electrons. The van der Waals surface area contributed by atoms with Crippen LogP contribution in [0.2, 0.25) is 5.02 Å². The van der Waals surface area contributed by atoms with E-state index in [2.05, 4.69) is 0 Å². The molecule has 3 nitrogen and oxygen atoms in total. The number of alkyl halides is 3. The molecule has 0 spiro atoms. The van der Waals surface area contributed by atoms with E-state index in [1.54, 1.807) is 0 Å². The summed E-state index contributed by atoms with van der Waals surface area (Å²) in [4.78, 5) is -0.375. The van der Waals surface area contributed by atoms with Crippen molar-refractivity contribution >= 4 is 21.4 Å². The molecule has 2 aromatic rings. The second-order valence-electron chi connectivity index (χ2n) is 6.25. The molecule has 0 saturated carbocycles. The zero-order valence-corrected chi connectivity index (χ0v) is 15.4. The fourth-order valence-corrected chi connectivity index (χ4v) is 5.00. The lowest BCUT2D eigenvalue weighted by molar-refractivity contribution is -0.137. The summed E-state index contributed by atoms with van der Waals surface area (Å²) in [7, 11) is -3.99. The van der Waals surface area contributed by atoms with Gasteiger partial charge >= 0.3 is 6.18 Å². The number of ether oxygens (including phenoxy) is 1. The summed E-state index contributed by atoms with van der Waals surface area (Å²) in [6.07, 6.45) is -5.07. The summed E-state index contributed by atoms with van der Waals surface area (Å²) in [5, 5.41) is -1.03. The second-order valence-corrected chi connectivity index (χ2v) is 8.89. The van der Waals surface area contributed by atoms with Gasteiger partial charge in [0.05, 0.1) is 26.8 Å². The third-order valence-electron chi connectivity index (χ3n) is 4.48. The van der Waals surface area contributed by atoms with Crippen LogP contribution in [0.25, 0.3) is 0 Å². The van der Waals surface area contributed by atoms with Crippen molar-refractivity contribution in [1.29, 1.82) is 0 Å². The highest BCUT2D eigenvalue weighted by Gasteiger charge is 2.36. The van der Waals surface area contributed by atoms with Crippen LogP contribution < -0.4 is 0 Å². The molecular weight excluding hydrogens is 408 g/mol. The Labute approximate surface area is 158 Å². The van der Waals surface area contributed by atoms with Crippen LogP contribution in [0.4, 0.5) is 17.6 Å². The number of hydrogen-bond acceptors (Lipinski definition) is 3. The zero-order chi connectivity index (χ0) is 19.8. The summed E-state index contributed by atoms with van der Waals surface area (Å²) < 4.78 is 83.3. The first-order valence-corrected chi connectivity index (χ1v) is 9.99. The largest absolute Gasteiger partial charge is 0.416 e. The Balaban J connectivity index is 1.88. The van der Waals surface area contributed by atoms with E-state index < -0.39 is 38.7 Å². The van der Waals surface area contributed by atoms with Crippen molar-refractivity contribution < 1.29 is 30.7 Å². The molecule has 1 fully saturated rings. The van der Waals surface area contributed by atoms with Crippen molar-refractivity contribution in [1.82, 2.24) is 0 Å². The first-order chi connectivity index (χ1) is 12.6. The van der Waals surface area contributed by atoms with E-state index in [9.17, 15) is 26.0 Å². The highest BCUT2D eigenvalue weighted by atomic mass is 35.5. The standard InChI is InChI=1S/C18H15ClF4O3S/c19-15-8-11(4-5-16(15)20)17-10-14(6-7-26-17)27(24,25)13-3-1-2-12(9-13)18(21,22)23/h1-5,8-9,14,17H,6-7,10H2. The summed E-state index contributed by atoms with van der Waals surface area (Å²) >= 11 is 5.76. The monoisotopic (exact) mass is 422 g/mol. The molecule has 1 aliphatic rings. The topological polar surface area (TPSA) is 43.4 Å². The van der Waals surface area contributed by atoms with E-state index in [1.165, 1.54) is 12.1 Å². The highest BCUT2D eigenvalue weighted by molar-refractivity contribution is 7.92. The van der Waals surface area contributed by atoms with E-state index >= 15 is 0 Å². The molecule has 2 atom stereocenters. The van der Waals surface area contributed by atoms with Crippen molar-refractivity contribution in [3.63, 3.8) is 0 Å². The van der Waals surface area contributed by atoms with Crippen LogP contribution in [0.5, 0.6) is 0 Å². The van der Waals surface area contributed by atoms with Crippen LogP contribution in [-0.2, 0) is 20.8 Å². The molecule has 0 aromatic heterocycles. The number of sulfone groups is 1. The maximum absolute atomic E-state index is 13.3. The summed E-state index contributed by atoms with van der Waals surface area (Å²) in [6.45, 7) is 0.114. The Bertz CT molecular complexity index is 944. The Hall–Kier alpha value is -1.64. The Morgan fingerprint density at radius 2 is 1.85 bits per heavy atom. The maximum Gasteiger partial charge on any atom is 0.416 e. The van der Waals surface area contributed by atoms with Gasteiger partial charge in [0.25, 0.3) is 0 Å². The first-order valence-electron chi connectivity index (χ1n) is 8.07. The van der Waals surface area contributed by atoms with Gasteiger partial charge in [-0.25, -0.2) is 12.8 Å². The van der Waals surface area contributed by atoms with Crippen molar-refractivity contribution in [2.75, 3.05) is 6.61 Å². The van der Waals surface area contributed by atoms with Crippen LogP contribution in [0.1, 0.15) is 30.1 Å². The Morgan fingerprint density at radius 3 is 2.52 bits per heavy atom. The molecule has 3 rings (SSSR count). The highest BCUT2D eigenvalue weighted by Crippen LogP contribution is 2.36. The summed E-state index contributed by atoms with van der Waals surface area (Å²) in [5.41, 5.74) is -0.497. The molecule has 1 heterocycles. The summed E-state index contributed by atoms with van der Waals surface area (Å²) in [5.74, 6) is -0.607. The molecule has 27 heavy (non-hydrogen) atoms. The third kappa shape index (κ3) is 4.28. The lowest BCUT2D eigenvalue weighted by Gasteiger charge is -2.30. The van der Waals surface area contributed by atoms with Gasteiger partial charge in [-0.1, -0.05) is 23.7 Å². The molecule has 0 radical (unpaired) electrons. The molecule has 0 bridgehead atoms. The molecule has 9 heteroatoms. The van der Waals surface area contributed by atoms with Gasteiger partial charge in [-0.05, 0) is 48.7 Å². The van der Waals surface area contributed by atoms with Gasteiger partial charge in [-0.3, -0.25) is 0 Å². The number of benzene rings is 2. The van der Waals surface area contributed by atoms with Crippen molar-refractivity contribution in [3.8, 4) is 0 Å². The van der Waals surface area contributed by atoms with E-state index in [-0.39, 0.29) is 29.4 Å². The fourth-order valence-electron chi connectivity index (χ4n) is 3.04. The van der Waals surface area contributed by atoms with E-state index in [0.29, 0.717) is 11.6 Å². The zero-order valence-electron chi connectivity index (χ0n) is 13.8. The molecule has 1 aliphatic heterocycles. The van der Waals surface area contributed by atoms with Gasteiger partial charge in [0, 0.05) is 6.61 Å². The molecule has 0 amide bonds. The van der Waals surface area contributed by atoms with Crippen molar-refractivity contribution in [2.24, 2.45) is 0 Å². The van der Waals surface area contributed by atoms with Crippen molar-refractivity contribution in [2.45, 2.75) is 35.3 Å². The normalized spacial score (nSPS) is 21.2. The van der Waals surface area contributed by atoms with Crippen LogP contribution in [0.3, 0.4) is 0 Å². The fraction of sp³-hybridized carbons (Fsp3) is 0.333. The Kier molecular flexibility index (Phi) is 5.52. The van der Waals surface area contributed by atoms with E-state index in [4.69, 9.17) is 16.3 Å². The number of halogens is 5. The average molecular weight is 423 g/mol. The van der Waals surface area contributed by atoms with Gasteiger partial charge in [-0.15, -0.1) is 0 Å². The molecular formula is C18H15ClF4O3S. The van der Waals surface area contributed by atoms with Gasteiger partial charge < -0.3 is 4.74 Å². The predicted molar refractivity (Wildman–Crippen MR) is 91.8 cm³/mol. The van der Waals surface area contributed by atoms with Crippen LogP contribution in [0.15, 0.2) is 47.4 Å². The lowest BCUT2D eigenvalue weighted by atomic mass is 10.0. The van der Waals surface area contributed by atoms with Crippen molar-refractivity contribution in [3.05, 3.63) is 64.4 Å². The third-order valence-corrected chi connectivity index (χ3v) is 6.99. The molecule has 0 N–H and O–H groups in total. The number of hydrogen-bond donors (Lipinski definition) is 0. The van der Waals surface area contributed by atoms with Crippen LogP contribution in [0, 0.1) is 5.82 Å². The van der Waals surface area contributed by atoms with Crippen LogP contribution in [-0.4, -0.2) is 20.3 Å². The second kappa shape index (κ2) is 7.41. The minimum absolute atomic E-state index is 0.0422. The quantitative estimate of drug-likeness (QED) is 0.639. The van der Waals surface area contributed by atoms with E-state index in [1.807, 2.05) is 0 Å². The first kappa shape index (κ1) is 20.1. The molecule has 0 aliphatic carbocycles. The minimum atomic E-state index is -4.63. The van der Waals surface area contributed by atoms with Gasteiger partial charge in [-0.2, -0.15) is 13.2 Å². The predicted octanol–water partition coefficient (Wildman–Crippen LogP) is 5.19. The minimum Gasteiger partial charge on any atom is -0.373 e. The van der Waals surface area contributed by atoms with E-state index in [0.717, 1.165) is 24.3 Å². The summed E-state index contributed by atoms with van der Waals surface area (Å²) in [6, 6.07) is 7.68. The molecule has 2 unspecified atom stereocenters. The molecule has 2 aromatic carbocycles. The SMILES string of the molecule is O=S(=O)(c1cccc(C(F)(F)F)c1)C1CCOC(c2ccc(F)c(Cl)c2)C1. The lowest BCUT2D eigenvalue weighted by Crippen LogP contribution is -2.31. The van der Waals surface area contributed by atoms with Gasteiger partial charge in [0.1, 0.15) is 5.82 Å². The maximum atomic E-state index is 13.3. The van der Waals surface area contributed by atoms with Gasteiger partial charge in [0.2, 0.25) is 0 Å². The smallest absolute Gasteiger partial charge is 0.373 e. The van der Waals surface area contributed by atoms with Crippen LogP contribution >= 0.6 is 11.6 Å². The average Bonchev–Trinajstić information content (AvgIpc) is 2.63. The number of rotatable bonds is 3.